The smallest absolute Gasteiger partial charge is 0.426 e. The first-order valence-electron chi connectivity index (χ1n) is 6.03. The highest BCUT2D eigenvalue weighted by Gasteiger charge is 2.16. The second-order valence-corrected chi connectivity index (χ2v) is 6.33. The lowest BCUT2D eigenvalue weighted by Crippen LogP contribution is -2.46. The molecular weight excluding hydrogens is 364 g/mol. The largest absolute Gasteiger partial charge is 0.483 e. The Morgan fingerprint density at radius 1 is 1.29 bits per heavy atom. The molecule has 0 saturated carbocycles. The molecular formula is C13H16BrClN2O4. The normalized spacial score (nSPS) is 10.7. The molecule has 0 radical (unpaired) electrons. The van der Waals surface area contributed by atoms with E-state index < -0.39 is 17.6 Å². The van der Waals surface area contributed by atoms with E-state index in [2.05, 4.69) is 26.8 Å². The van der Waals surface area contributed by atoms with Crippen LogP contribution in [0.2, 0.25) is 5.02 Å². The number of hydrogen-bond acceptors (Lipinski definition) is 4. The predicted octanol–water partition coefficient (Wildman–Crippen LogP) is 3.04. The highest BCUT2D eigenvalue weighted by Crippen LogP contribution is 2.27. The molecule has 1 aromatic carbocycles. The first kappa shape index (κ1) is 17.6. The van der Waals surface area contributed by atoms with Crippen molar-refractivity contribution in [1.82, 2.24) is 10.9 Å². The summed E-state index contributed by atoms with van der Waals surface area (Å²) in [6.07, 6.45) is -0.747. The summed E-state index contributed by atoms with van der Waals surface area (Å²) < 4.78 is 10.9. The van der Waals surface area contributed by atoms with E-state index in [0.29, 0.717) is 15.2 Å². The van der Waals surface area contributed by atoms with Gasteiger partial charge in [-0.15, -0.1) is 0 Å². The van der Waals surface area contributed by atoms with E-state index >= 15 is 0 Å². The van der Waals surface area contributed by atoms with Gasteiger partial charge in [0.05, 0.1) is 4.47 Å². The van der Waals surface area contributed by atoms with E-state index in [-0.39, 0.29) is 6.61 Å². The molecule has 0 fully saturated rings. The van der Waals surface area contributed by atoms with Crippen LogP contribution in [0.5, 0.6) is 5.75 Å². The number of rotatable bonds is 3. The molecule has 6 nitrogen and oxygen atoms in total. The van der Waals surface area contributed by atoms with Crippen LogP contribution in [0.4, 0.5) is 4.79 Å². The minimum Gasteiger partial charge on any atom is -0.483 e. The van der Waals surface area contributed by atoms with Gasteiger partial charge in [-0.1, -0.05) is 11.6 Å². The van der Waals surface area contributed by atoms with Gasteiger partial charge in [-0.25, -0.2) is 10.2 Å². The monoisotopic (exact) mass is 378 g/mol. The van der Waals surface area contributed by atoms with E-state index in [1.165, 1.54) is 0 Å². The number of halogens is 2. The number of hydrogen-bond donors (Lipinski definition) is 2. The summed E-state index contributed by atoms with van der Waals surface area (Å²) in [5.41, 5.74) is 3.66. The Morgan fingerprint density at radius 2 is 1.95 bits per heavy atom. The number of carbonyl (C=O) groups is 2. The van der Waals surface area contributed by atoms with Crippen LogP contribution in [0.3, 0.4) is 0 Å². The van der Waals surface area contributed by atoms with E-state index in [9.17, 15) is 9.59 Å². The first-order chi connectivity index (χ1) is 9.67. The third kappa shape index (κ3) is 7.19. The fourth-order valence-corrected chi connectivity index (χ4v) is 1.99. The van der Waals surface area contributed by atoms with Crippen LogP contribution in [0.1, 0.15) is 20.8 Å². The maximum atomic E-state index is 11.5. The van der Waals surface area contributed by atoms with Crippen molar-refractivity contribution < 1.29 is 19.1 Å². The topological polar surface area (TPSA) is 76.7 Å². The number of ether oxygens (including phenoxy) is 2. The van der Waals surface area contributed by atoms with Crippen molar-refractivity contribution in [3.63, 3.8) is 0 Å². The molecule has 0 heterocycles. The summed E-state index contributed by atoms with van der Waals surface area (Å²) in [4.78, 5) is 22.8. The Bertz CT molecular complexity index is 531. The minimum absolute atomic E-state index is 0.268. The van der Waals surface area contributed by atoms with Crippen LogP contribution in [0.25, 0.3) is 0 Å². The van der Waals surface area contributed by atoms with Gasteiger partial charge in [-0.2, -0.15) is 0 Å². The van der Waals surface area contributed by atoms with Crippen LogP contribution in [0, 0.1) is 0 Å². The Balaban J connectivity index is 2.36. The van der Waals surface area contributed by atoms with Crippen LogP contribution >= 0.6 is 27.5 Å². The van der Waals surface area contributed by atoms with Crippen LogP contribution < -0.4 is 15.6 Å². The van der Waals surface area contributed by atoms with Gasteiger partial charge < -0.3 is 9.47 Å². The molecule has 1 rings (SSSR count). The molecule has 2 amide bonds. The molecule has 0 aliphatic carbocycles. The van der Waals surface area contributed by atoms with Crippen molar-refractivity contribution >= 4 is 39.5 Å². The number of carbonyl (C=O) groups excluding carboxylic acids is 2. The standard InChI is InChI=1S/C13H16BrClN2O4/c1-13(2,3)21-12(19)17-16-11(18)7-20-10-5-4-8(15)6-9(10)14/h4-6H,7H2,1-3H3,(H,16,18)(H,17,19). The maximum Gasteiger partial charge on any atom is 0.426 e. The van der Waals surface area contributed by atoms with Crippen molar-refractivity contribution in [2.45, 2.75) is 26.4 Å². The highest BCUT2D eigenvalue weighted by atomic mass is 79.9. The summed E-state index contributed by atoms with van der Waals surface area (Å²) in [6.45, 7) is 4.89. The number of nitrogens with one attached hydrogen (secondary N) is 2. The zero-order valence-electron chi connectivity index (χ0n) is 11.8. The lowest BCUT2D eigenvalue weighted by atomic mass is 10.2. The quantitative estimate of drug-likeness (QED) is 0.792. The molecule has 0 atom stereocenters. The van der Waals surface area contributed by atoms with Gasteiger partial charge in [0.1, 0.15) is 11.4 Å². The Kier molecular flexibility index (Phi) is 6.29. The average Bonchev–Trinajstić information content (AvgIpc) is 2.33. The van der Waals surface area contributed by atoms with Gasteiger partial charge in [-0.05, 0) is 54.9 Å². The molecule has 8 heteroatoms. The molecule has 0 aliphatic heterocycles. The summed E-state index contributed by atoms with van der Waals surface area (Å²) >= 11 is 9.05. The molecule has 116 valence electrons. The molecule has 1 aromatic rings. The van der Waals surface area contributed by atoms with E-state index in [1.54, 1.807) is 39.0 Å². The van der Waals surface area contributed by atoms with Gasteiger partial charge >= 0.3 is 6.09 Å². The molecule has 0 spiro atoms. The lowest BCUT2D eigenvalue weighted by Gasteiger charge is -2.19. The fourth-order valence-electron chi connectivity index (χ4n) is 1.20. The molecule has 21 heavy (non-hydrogen) atoms. The summed E-state index contributed by atoms with van der Waals surface area (Å²) in [7, 11) is 0. The highest BCUT2D eigenvalue weighted by molar-refractivity contribution is 9.10. The van der Waals surface area contributed by atoms with Crippen LogP contribution in [-0.2, 0) is 9.53 Å². The molecule has 0 aromatic heterocycles. The fraction of sp³-hybridized carbons (Fsp3) is 0.385. The number of hydrazine groups is 1. The van der Waals surface area contributed by atoms with Crippen molar-refractivity contribution in [3.05, 3.63) is 27.7 Å². The summed E-state index contributed by atoms with van der Waals surface area (Å²) in [5.74, 6) is -0.0606. The van der Waals surface area contributed by atoms with Gasteiger partial charge in [0.2, 0.25) is 0 Å². The Morgan fingerprint density at radius 3 is 2.52 bits per heavy atom. The van der Waals surface area contributed by atoms with Crippen molar-refractivity contribution in [2.75, 3.05) is 6.61 Å². The molecule has 0 aliphatic rings. The van der Waals surface area contributed by atoms with Gasteiger partial charge in [-0.3, -0.25) is 10.2 Å². The molecule has 2 N–H and O–H groups in total. The maximum absolute atomic E-state index is 11.5. The van der Waals surface area contributed by atoms with Crippen molar-refractivity contribution in [3.8, 4) is 5.75 Å². The van der Waals surface area contributed by atoms with Gasteiger partial charge in [0.15, 0.2) is 6.61 Å². The zero-order chi connectivity index (χ0) is 16.0. The van der Waals surface area contributed by atoms with E-state index in [0.717, 1.165) is 0 Å². The minimum atomic E-state index is -0.747. The molecule has 0 bridgehead atoms. The zero-order valence-corrected chi connectivity index (χ0v) is 14.2. The molecule has 0 saturated heterocycles. The average molecular weight is 380 g/mol. The van der Waals surface area contributed by atoms with Crippen LogP contribution in [0.15, 0.2) is 22.7 Å². The number of amides is 2. The summed E-state index contributed by atoms with van der Waals surface area (Å²) in [5, 5.41) is 0.547. The Labute approximate surface area is 136 Å². The third-order valence-electron chi connectivity index (χ3n) is 1.96. The third-order valence-corrected chi connectivity index (χ3v) is 2.81. The predicted molar refractivity (Wildman–Crippen MR) is 82.2 cm³/mol. The second-order valence-electron chi connectivity index (χ2n) is 5.04. The second kappa shape index (κ2) is 7.51. The Hall–Kier alpha value is -1.47. The SMILES string of the molecule is CC(C)(C)OC(=O)NNC(=O)COc1ccc(Cl)cc1Br. The van der Waals surface area contributed by atoms with Crippen LogP contribution in [-0.4, -0.2) is 24.2 Å². The number of benzene rings is 1. The van der Waals surface area contributed by atoms with Crippen molar-refractivity contribution in [2.24, 2.45) is 0 Å². The van der Waals surface area contributed by atoms with Gasteiger partial charge in [0.25, 0.3) is 5.91 Å². The van der Waals surface area contributed by atoms with E-state index in [4.69, 9.17) is 21.1 Å². The molecule has 0 unspecified atom stereocenters. The van der Waals surface area contributed by atoms with E-state index in [1.807, 2.05) is 0 Å². The van der Waals surface area contributed by atoms with Gasteiger partial charge in [0, 0.05) is 5.02 Å². The van der Waals surface area contributed by atoms with Crippen molar-refractivity contribution in [1.29, 1.82) is 0 Å². The summed E-state index contributed by atoms with van der Waals surface area (Å²) in [6, 6.07) is 4.91. The lowest BCUT2D eigenvalue weighted by molar-refractivity contribution is -0.124. The first-order valence-corrected chi connectivity index (χ1v) is 7.20.